The second-order valence-electron chi connectivity index (χ2n) is 4.98. The Kier molecular flexibility index (Phi) is 5.50. The van der Waals surface area contributed by atoms with Crippen LogP contribution in [0.3, 0.4) is 0 Å². The summed E-state index contributed by atoms with van der Waals surface area (Å²) in [5.74, 6) is 0. The molecule has 0 aliphatic carbocycles. The molecule has 1 N–H and O–H groups in total. The fraction of sp³-hybridized carbons (Fsp3) is 0.375. The largest absolute Gasteiger partial charge is 0.306 e. The van der Waals surface area contributed by atoms with Crippen molar-refractivity contribution in [2.24, 2.45) is 0 Å². The molecule has 1 unspecified atom stereocenters. The molecule has 0 bridgehead atoms. The first-order valence-corrected chi connectivity index (χ1v) is 8.41. The Balaban J connectivity index is 2.46. The Morgan fingerprint density at radius 1 is 1.15 bits per heavy atom. The van der Waals surface area contributed by atoms with Crippen LogP contribution in [-0.2, 0) is 0 Å². The molecule has 108 valence electrons. The summed E-state index contributed by atoms with van der Waals surface area (Å²) in [6.07, 6.45) is 1.09. The number of benzene rings is 1. The molecule has 1 aromatic carbocycles. The molecule has 2 aromatic rings. The van der Waals surface area contributed by atoms with Gasteiger partial charge in [-0.3, -0.25) is 0 Å². The summed E-state index contributed by atoms with van der Waals surface area (Å²) in [5, 5.41) is 7.28. The Hall–Kier alpha value is -0.540. The second kappa shape index (κ2) is 6.95. The molecular weight excluding hydrogens is 309 g/mol. The third kappa shape index (κ3) is 3.37. The molecule has 1 heterocycles. The van der Waals surface area contributed by atoms with Crippen LogP contribution in [0.15, 0.2) is 23.6 Å². The summed E-state index contributed by atoms with van der Waals surface area (Å²) in [7, 11) is 0. The van der Waals surface area contributed by atoms with E-state index in [4.69, 9.17) is 23.2 Å². The smallest absolute Gasteiger partial charge is 0.0688 e. The predicted octanol–water partition coefficient (Wildman–Crippen LogP) is 5.76. The summed E-state index contributed by atoms with van der Waals surface area (Å²) >= 11 is 14.2. The lowest BCUT2D eigenvalue weighted by Crippen LogP contribution is -2.23. The molecule has 0 spiro atoms. The van der Waals surface area contributed by atoms with Gasteiger partial charge in [0.1, 0.15) is 0 Å². The van der Waals surface area contributed by atoms with Crippen molar-refractivity contribution in [1.82, 2.24) is 5.32 Å². The summed E-state index contributed by atoms with van der Waals surface area (Å²) in [4.78, 5) is 1.17. The average Bonchev–Trinajstić information content (AvgIpc) is 2.82. The number of thiophene rings is 1. The summed E-state index contributed by atoms with van der Waals surface area (Å²) in [6.45, 7) is 7.26. The van der Waals surface area contributed by atoms with Crippen molar-refractivity contribution in [1.29, 1.82) is 0 Å². The molecule has 0 aliphatic rings. The molecule has 2 rings (SSSR count). The highest BCUT2D eigenvalue weighted by Crippen LogP contribution is 2.35. The van der Waals surface area contributed by atoms with Crippen LogP contribution < -0.4 is 5.32 Å². The van der Waals surface area contributed by atoms with E-state index in [0.717, 1.165) is 28.6 Å². The highest BCUT2D eigenvalue weighted by Gasteiger charge is 2.20. The van der Waals surface area contributed by atoms with Gasteiger partial charge in [0.25, 0.3) is 0 Å². The third-order valence-electron chi connectivity index (χ3n) is 3.36. The van der Waals surface area contributed by atoms with Gasteiger partial charge in [0, 0.05) is 9.90 Å². The van der Waals surface area contributed by atoms with Crippen molar-refractivity contribution in [3.63, 3.8) is 0 Å². The van der Waals surface area contributed by atoms with Crippen LogP contribution in [0, 0.1) is 13.8 Å². The van der Waals surface area contributed by atoms with Crippen molar-refractivity contribution >= 4 is 34.5 Å². The maximum Gasteiger partial charge on any atom is 0.0688 e. The fourth-order valence-electron chi connectivity index (χ4n) is 2.26. The quantitative estimate of drug-likeness (QED) is 0.736. The molecule has 0 aliphatic heterocycles. The summed E-state index contributed by atoms with van der Waals surface area (Å²) in [5.41, 5.74) is 3.55. The zero-order valence-electron chi connectivity index (χ0n) is 12.0. The molecule has 0 saturated carbocycles. The number of aryl methyl sites for hydroxylation is 2. The molecule has 0 radical (unpaired) electrons. The van der Waals surface area contributed by atoms with E-state index in [2.05, 4.69) is 25.2 Å². The normalized spacial score (nSPS) is 12.7. The van der Waals surface area contributed by atoms with E-state index >= 15 is 0 Å². The number of hydrogen-bond acceptors (Lipinski definition) is 2. The maximum atomic E-state index is 6.33. The number of hydrogen-bond donors (Lipinski definition) is 1. The topological polar surface area (TPSA) is 12.0 Å². The monoisotopic (exact) mass is 327 g/mol. The van der Waals surface area contributed by atoms with Crippen LogP contribution in [0.4, 0.5) is 0 Å². The Morgan fingerprint density at radius 2 is 1.90 bits per heavy atom. The van der Waals surface area contributed by atoms with Gasteiger partial charge in [0.05, 0.1) is 11.1 Å². The van der Waals surface area contributed by atoms with Crippen molar-refractivity contribution in [3.8, 4) is 0 Å². The van der Waals surface area contributed by atoms with E-state index in [1.807, 2.05) is 24.4 Å². The molecule has 20 heavy (non-hydrogen) atoms. The van der Waals surface area contributed by atoms with E-state index in [1.165, 1.54) is 16.0 Å². The predicted molar refractivity (Wildman–Crippen MR) is 90.4 cm³/mol. The van der Waals surface area contributed by atoms with E-state index in [0.29, 0.717) is 0 Å². The lowest BCUT2D eigenvalue weighted by Gasteiger charge is -2.21. The maximum absolute atomic E-state index is 6.33. The van der Waals surface area contributed by atoms with Gasteiger partial charge in [-0.2, -0.15) is 0 Å². The molecule has 0 fully saturated rings. The molecule has 1 aromatic heterocycles. The van der Waals surface area contributed by atoms with Crippen LogP contribution in [0.25, 0.3) is 0 Å². The second-order valence-corrected chi connectivity index (χ2v) is 6.74. The number of rotatable bonds is 5. The minimum Gasteiger partial charge on any atom is -0.306 e. The minimum atomic E-state index is 0.137. The molecule has 1 nitrogen and oxygen atoms in total. The van der Waals surface area contributed by atoms with Gasteiger partial charge in [0.15, 0.2) is 0 Å². The summed E-state index contributed by atoms with van der Waals surface area (Å²) in [6, 6.07) is 6.30. The molecule has 4 heteroatoms. The summed E-state index contributed by atoms with van der Waals surface area (Å²) < 4.78 is 0. The zero-order chi connectivity index (χ0) is 14.7. The highest BCUT2D eigenvalue weighted by atomic mass is 35.5. The fourth-order valence-corrected chi connectivity index (χ4v) is 3.73. The SMILES string of the molecule is CCCNC(c1cc(C)c(Cl)cc1C)c1sccc1Cl. The molecule has 0 amide bonds. The van der Waals surface area contributed by atoms with E-state index in [1.54, 1.807) is 11.3 Å². The first-order valence-electron chi connectivity index (χ1n) is 6.77. The number of halogens is 2. The van der Waals surface area contributed by atoms with Crippen molar-refractivity contribution < 1.29 is 0 Å². The van der Waals surface area contributed by atoms with Gasteiger partial charge < -0.3 is 5.32 Å². The zero-order valence-corrected chi connectivity index (χ0v) is 14.3. The van der Waals surface area contributed by atoms with Gasteiger partial charge in [-0.05, 0) is 61.0 Å². The van der Waals surface area contributed by atoms with Crippen molar-refractivity contribution in [3.05, 3.63) is 55.2 Å². The van der Waals surface area contributed by atoms with Crippen molar-refractivity contribution in [2.45, 2.75) is 33.2 Å². The molecule has 1 atom stereocenters. The van der Waals surface area contributed by atoms with Gasteiger partial charge in [-0.25, -0.2) is 0 Å². The van der Waals surface area contributed by atoms with Crippen LogP contribution in [0.2, 0.25) is 10.0 Å². The van der Waals surface area contributed by atoms with Gasteiger partial charge in [-0.15, -0.1) is 11.3 Å². The standard InChI is InChI=1S/C16H19Cl2NS/c1-4-6-19-15(16-13(17)5-7-20-16)12-8-11(3)14(18)9-10(12)2/h5,7-9,15,19H,4,6H2,1-3H3. The van der Waals surface area contributed by atoms with Gasteiger partial charge >= 0.3 is 0 Å². The number of nitrogens with one attached hydrogen (secondary N) is 1. The van der Waals surface area contributed by atoms with Crippen molar-refractivity contribution in [2.75, 3.05) is 6.54 Å². The van der Waals surface area contributed by atoms with Crippen LogP contribution >= 0.6 is 34.5 Å². The first kappa shape index (κ1) is 15.8. The minimum absolute atomic E-state index is 0.137. The Morgan fingerprint density at radius 3 is 2.50 bits per heavy atom. The van der Waals surface area contributed by atoms with Gasteiger partial charge in [0.2, 0.25) is 0 Å². The first-order chi connectivity index (χ1) is 9.54. The van der Waals surface area contributed by atoms with Crippen LogP contribution in [0.5, 0.6) is 0 Å². The van der Waals surface area contributed by atoms with E-state index in [9.17, 15) is 0 Å². The Bertz CT molecular complexity index is 592. The highest BCUT2D eigenvalue weighted by molar-refractivity contribution is 7.10. The lowest BCUT2D eigenvalue weighted by molar-refractivity contribution is 0.603. The average molecular weight is 328 g/mol. The Labute approximate surface area is 134 Å². The molecule has 0 saturated heterocycles. The third-order valence-corrected chi connectivity index (χ3v) is 5.19. The molecular formula is C16H19Cl2NS. The van der Waals surface area contributed by atoms with E-state index in [-0.39, 0.29) is 6.04 Å². The van der Waals surface area contributed by atoms with E-state index < -0.39 is 0 Å². The lowest BCUT2D eigenvalue weighted by atomic mass is 9.97. The van der Waals surface area contributed by atoms with Crippen LogP contribution in [-0.4, -0.2) is 6.54 Å². The van der Waals surface area contributed by atoms with Crippen LogP contribution in [0.1, 0.15) is 41.0 Å². The van der Waals surface area contributed by atoms with Gasteiger partial charge in [-0.1, -0.05) is 36.2 Å².